The third kappa shape index (κ3) is 5.90. The Balaban J connectivity index is 2.51. The van der Waals surface area contributed by atoms with Crippen molar-refractivity contribution < 1.29 is 19.5 Å². The average molecular weight is 313 g/mol. The minimum atomic E-state index is -0.981. The molecule has 0 radical (unpaired) electrons. The fraction of sp³-hybridized carbons (Fsp3) is 0.538. The first-order valence-electron chi connectivity index (χ1n) is 6.36. The van der Waals surface area contributed by atoms with Crippen molar-refractivity contribution in [2.45, 2.75) is 40.5 Å². The fourth-order valence-electron chi connectivity index (χ4n) is 1.73. The highest BCUT2D eigenvalue weighted by Crippen LogP contribution is 2.25. The second-order valence-corrected chi connectivity index (χ2v) is 6.78. The van der Waals surface area contributed by atoms with Crippen LogP contribution in [0.1, 0.15) is 37.3 Å². The Morgan fingerprint density at radius 2 is 1.86 bits per heavy atom. The number of carboxylic acid groups (broad SMARTS) is 1. The number of hydrogen-bond donors (Lipinski definition) is 3. The second-order valence-electron chi connectivity index (χ2n) is 5.57. The van der Waals surface area contributed by atoms with Crippen LogP contribution in [0.15, 0.2) is 0 Å². The van der Waals surface area contributed by atoms with Crippen molar-refractivity contribution >= 4 is 34.4 Å². The summed E-state index contributed by atoms with van der Waals surface area (Å²) in [7, 11) is 0. The van der Waals surface area contributed by atoms with E-state index in [0.717, 1.165) is 10.6 Å². The predicted octanol–water partition coefficient (Wildman–Crippen LogP) is 2.30. The number of amides is 3. The quantitative estimate of drug-likeness (QED) is 0.773. The van der Waals surface area contributed by atoms with Crippen molar-refractivity contribution in [1.82, 2.24) is 10.3 Å². The molecule has 8 heteroatoms. The second kappa shape index (κ2) is 6.66. The first-order chi connectivity index (χ1) is 9.59. The molecule has 1 rings (SSSR count). The largest absolute Gasteiger partial charge is 0.481 e. The van der Waals surface area contributed by atoms with Gasteiger partial charge in [-0.1, -0.05) is 13.8 Å². The normalized spacial score (nSPS) is 11.0. The third-order valence-corrected chi connectivity index (χ3v) is 3.76. The number of aliphatic carboxylic acids is 1. The topological polar surface area (TPSA) is 108 Å². The molecule has 3 amide bonds. The van der Waals surface area contributed by atoms with Crippen LogP contribution in [0.5, 0.6) is 0 Å². The average Bonchev–Trinajstić information content (AvgIpc) is 2.53. The number of thiazole rings is 1. The number of nitrogens with one attached hydrogen (secondary N) is 2. The molecule has 0 fully saturated rings. The van der Waals surface area contributed by atoms with E-state index in [9.17, 15) is 14.4 Å². The number of urea groups is 1. The molecule has 0 aliphatic carbocycles. The first-order valence-corrected chi connectivity index (χ1v) is 7.17. The maximum atomic E-state index is 11.7. The summed E-state index contributed by atoms with van der Waals surface area (Å²) in [5, 5.41) is 13.8. The van der Waals surface area contributed by atoms with Crippen LogP contribution in [0, 0.1) is 19.3 Å². The Labute approximate surface area is 126 Å². The maximum absolute atomic E-state index is 11.7. The van der Waals surface area contributed by atoms with Gasteiger partial charge in [0.15, 0.2) is 5.13 Å². The number of hydrogen-bond acceptors (Lipinski definition) is 5. The molecular formula is C13H19N3O4S. The summed E-state index contributed by atoms with van der Waals surface area (Å²) in [6.45, 7) is 7.03. The van der Waals surface area contributed by atoms with Crippen LogP contribution in [0.2, 0.25) is 0 Å². The lowest BCUT2D eigenvalue weighted by Crippen LogP contribution is -2.37. The van der Waals surface area contributed by atoms with Crippen LogP contribution in [-0.4, -0.2) is 28.0 Å². The number of carboxylic acids is 1. The third-order valence-electron chi connectivity index (χ3n) is 2.77. The zero-order valence-corrected chi connectivity index (χ0v) is 13.3. The van der Waals surface area contributed by atoms with E-state index in [1.54, 1.807) is 13.8 Å². The molecule has 21 heavy (non-hydrogen) atoms. The molecule has 7 nitrogen and oxygen atoms in total. The molecule has 3 N–H and O–H groups in total. The molecule has 0 saturated carbocycles. The lowest BCUT2D eigenvalue weighted by Gasteiger charge is -2.21. The zero-order valence-electron chi connectivity index (χ0n) is 12.4. The molecule has 0 bridgehead atoms. The molecule has 0 aliphatic rings. The van der Waals surface area contributed by atoms with Crippen LogP contribution in [0.3, 0.4) is 0 Å². The van der Waals surface area contributed by atoms with E-state index >= 15 is 0 Å². The number of carbonyl (C=O) groups is 3. The molecule has 0 atom stereocenters. The van der Waals surface area contributed by atoms with E-state index in [1.807, 2.05) is 13.8 Å². The van der Waals surface area contributed by atoms with Crippen molar-refractivity contribution in [1.29, 1.82) is 0 Å². The van der Waals surface area contributed by atoms with Crippen molar-refractivity contribution in [3.05, 3.63) is 10.6 Å². The summed E-state index contributed by atoms with van der Waals surface area (Å²) in [6, 6.07) is -0.667. The fourth-order valence-corrected chi connectivity index (χ4v) is 2.54. The van der Waals surface area contributed by atoms with Gasteiger partial charge in [-0.3, -0.25) is 20.2 Å². The van der Waals surface area contributed by atoms with Crippen LogP contribution in [-0.2, 0) is 9.59 Å². The highest BCUT2D eigenvalue weighted by atomic mass is 32.1. The number of carbonyl (C=O) groups excluding carboxylic acids is 2. The number of anilines is 1. The van der Waals surface area contributed by atoms with Crippen LogP contribution < -0.4 is 10.6 Å². The van der Waals surface area contributed by atoms with E-state index < -0.39 is 23.3 Å². The summed E-state index contributed by atoms with van der Waals surface area (Å²) >= 11 is 1.32. The highest BCUT2D eigenvalue weighted by Gasteiger charge is 2.26. The molecule has 1 aromatic heterocycles. The van der Waals surface area contributed by atoms with Gasteiger partial charge in [0, 0.05) is 11.3 Å². The SMILES string of the molecule is Cc1nc(NC(=O)NC(=O)CC(C)(C)CC(=O)O)sc1C. The van der Waals surface area contributed by atoms with Crippen molar-refractivity contribution in [3.8, 4) is 0 Å². The van der Waals surface area contributed by atoms with E-state index in [2.05, 4.69) is 15.6 Å². The van der Waals surface area contributed by atoms with Gasteiger partial charge in [0.2, 0.25) is 5.91 Å². The smallest absolute Gasteiger partial charge is 0.327 e. The first kappa shape index (κ1) is 17.1. The van der Waals surface area contributed by atoms with Gasteiger partial charge in [-0.05, 0) is 19.3 Å². The standard InChI is InChI=1S/C13H19N3O4S/c1-7-8(2)21-12(14-7)16-11(20)15-9(17)5-13(3,4)6-10(18)19/h5-6H2,1-4H3,(H,18,19)(H2,14,15,16,17,20). The van der Waals surface area contributed by atoms with Gasteiger partial charge in [-0.15, -0.1) is 11.3 Å². The van der Waals surface area contributed by atoms with E-state index in [0.29, 0.717) is 5.13 Å². The summed E-state index contributed by atoms with van der Waals surface area (Å²) in [5.41, 5.74) is 0.106. The number of nitrogens with zero attached hydrogens (tertiary/aromatic N) is 1. The minimum Gasteiger partial charge on any atom is -0.481 e. The molecule has 0 saturated heterocycles. The number of rotatable bonds is 5. The molecular weight excluding hydrogens is 294 g/mol. The molecule has 116 valence electrons. The monoisotopic (exact) mass is 313 g/mol. The molecule has 1 aromatic rings. The van der Waals surface area contributed by atoms with Crippen LogP contribution >= 0.6 is 11.3 Å². The predicted molar refractivity (Wildman–Crippen MR) is 79.4 cm³/mol. The van der Waals surface area contributed by atoms with Crippen LogP contribution in [0.25, 0.3) is 0 Å². The van der Waals surface area contributed by atoms with Crippen molar-refractivity contribution in [3.63, 3.8) is 0 Å². The molecule has 0 aliphatic heterocycles. The lowest BCUT2D eigenvalue weighted by atomic mass is 9.85. The highest BCUT2D eigenvalue weighted by molar-refractivity contribution is 7.15. The number of imide groups is 1. The van der Waals surface area contributed by atoms with Gasteiger partial charge in [0.1, 0.15) is 0 Å². The molecule has 0 unspecified atom stereocenters. The maximum Gasteiger partial charge on any atom is 0.327 e. The van der Waals surface area contributed by atoms with Gasteiger partial charge in [-0.2, -0.15) is 0 Å². The summed E-state index contributed by atoms with van der Waals surface area (Å²) < 4.78 is 0. The Morgan fingerprint density at radius 1 is 1.24 bits per heavy atom. The summed E-state index contributed by atoms with van der Waals surface area (Å²) in [5.74, 6) is -1.50. The van der Waals surface area contributed by atoms with Crippen molar-refractivity contribution in [2.24, 2.45) is 5.41 Å². The Bertz CT molecular complexity index is 546. The number of aryl methyl sites for hydroxylation is 2. The summed E-state index contributed by atoms with van der Waals surface area (Å²) in [4.78, 5) is 39.2. The lowest BCUT2D eigenvalue weighted by molar-refractivity contribution is -0.139. The molecule has 0 aromatic carbocycles. The van der Waals surface area contributed by atoms with Gasteiger partial charge in [0.05, 0.1) is 12.1 Å². The van der Waals surface area contributed by atoms with Gasteiger partial charge >= 0.3 is 12.0 Å². The molecule has 0 spiro atoms. The van der Waals surface area contributed by atoms with Gasteiger partial charge in [0.25, 0.3) is 0 Å². The molecule has 1 heterocycles. The Morgan fingerprint density at radius 3 is 2.33 bits per heavy atom. The number of aromatic nitrogens is 1. The Hall–Kier alpha value is -1.96. The van der Waals surface area contributed by atoms with E-state index in [4.69, 9.17) is 5.11 Å². The van der Waals surface area contributed by atoms with Crippen LogP contribution in [0.4, 0.5) is 9.93 Å². The van der Waals surface area contributed by atoms with E-state index in [-0.39, 0.29) is 12.8 Å². The Kier molecular flexibility index (Phi) is 5.42. The summed E-state index contributed by atoms with van der Waals surface area (Å²) in [6.07, 6.45) is -0.199. The zero-order chi connectivity index (χ0) is 16.2. The van der Waals surface area contributed by atoms with Gasteiger partial charge < -0.3 is 5.11 Å². The van der Waals surface area contributed by atoms with E-state index in [1.165, 1.54) is 11.3 Å². The van der Waals surface area contributed by atoms with Gasteiger partial charge in [-0.25, -0.2) is 9.78 Å². The van der Waals surface area contributed by atoms with Crippen molar-refractivity contribution in [2.75, 3.05) is 5.32 Å². The minimum absolute atomic E-state index is 0.0529.